The number of aromatic nitrogens is 3. The normalized spacial score (nSPS) is 24.0. The van der Waals surface area contributed by atoms with Crippen molar-refractivity contribution >= 4 is 23.0 Å². The molecule has 0 N–H and O–H groups in total. The van der Waals surface area contributed by atoms with Crippen LogP contribution in [0.2, 0.25) is 0 Å². The van der Waals surface area contributed by atoms with Gasteiger partial charge in [-0.3, -0.25) is 9.59 Å². The Kier molecular flexibility index (Phi) is 4.18. The Labute approximate surface area is 144 Å². The lowest BCUT2D eigenvalue weighted by molar-refractivity contribution is -0.121. The molecule has 2 fully saturated rings. The van der Waals surface area contributed by atoms with Crippen molar-refractivity contribution in [2.24, 2.45) is 5.92 Å². The minimum Gasteiger partial charge on any atom is -0.333 e. The Hall–Kier alpha value is -2.02. The molecule has 1 saturated heterocycles. The van der Waals surface area contributed by atoms with Crippen molar-refractivity contribution in [1.82, 2.24) is 19.9 Å². The molecule has 0 bridgehead atoms. The van der Waals surface area contributed by atoms with Gasteiger partial charge in [0.25, 0.3) is 5.91 Å². The molecule has 126 valence electrons. The van der Waals surface area contributed by atoms with E-state index >= 15 is 0 Å². The van der Waals surface area contributed by atoms with Gasteiger partial charge in [0.05, 0.1) is 12.7 Å². The Morgan fingerprint density at radius 3 is 3.00 bits per heavy atom. The van der Waals surface area contributed by atoms with Gasteiger partial charge >= 0.3 is 0 Å². The number of amides is 1. The Bertz CT molecular complexity index is 740. The predicted octanol–water partition coefficient (Wildman–Crippen LogP) is 2.36. The largest absolute Gasteiger partial charge is 0.333 e. The lowest BCUT2D eigenvalue weighted by Crippen LogP contribution is -2.41. The van der Waals surface area contributed by atoms with Gasteiger partial charge in [0, 0.05) is 29.8 Å². The Balaban J connectivity index is 1.48. The molecule has 3 heterocycles. The van der Waals surface area contributed by atoms with E-state index in [1.165, 1.54) is 4.88 Å². The molecule has 2 aromatic rings. The van der Waals surface area contributed by atoms with Gasteiger partial charge in [0.2, 0.25) is 0 Å². The van der Waals surface area contributed by atoms with Gasteiger partial charge in [-0.2, -0.15) is 0 Å². The highest BCUT2D eigenvalue weighted by Crippen LogP contribution is 2.33. The minimum atomic E-state index is -0.0883. The van der Waals surface area contributed by atoms with E-state index in [9.17, 15) is 9.59 Å². The van der Waals surface area contributed by atoms with Crippen LogP contribution in [0.25, 0.3) is 0 Å². The molecule has 1 aliphatic heterocycles. The number of carbonyl (C=O) groups excluding carboxylic acids is 2. The van der Waals surface area contributed by atoms with Crippen LogP contribution in [-0.4, -0.2) is 44.2 Å². The molecular weight excluding hydrogens is 324 g/mol. The third kappa shape index (κ3) is 2.88. The second kappa shape index (κ2) is 6.47. The fraction of sp³-hybridized carbons (Fsp3) is 0.529. The van der Waals surface area contributed by atoms with Crippen LogP contribution in [0.1, 0.15) is 47.5 Å². The number of ketones is 1. The van der Waals surface area contributed by atoms with Crippen LogP contribution in [0.3, 0.4) is 0 Å². The fourth-order valence-corrected chi connectivity index (χ4v) is 4.59. The van der Waals surface area contributed by atoms with E-state index in [1.54, 1.807) is 22.2 Å². The van der Waals surface area contributed by atoms with Gasteiger partial charge in [0.15, 0.2) is 5.69 Å². The summed E-state index contributed by atoms with van der Waals surface area (Å²) in [7, 11) is 0. The summed E-state index contributed by atoms with van der Waals surface area (Å²) in [4.78, 5) is 27.9. The van der Waals surface area contributed by atoms with Gasteiger partial charge < -0.3 is 4.90 Å². The van der Waals surface area contributed by atoms with Gasteiger partial charge in [-0.1, -0.05) is 11.3 Å². The molecule has 1 saturated carbocycles. The highest BCUT2D eigenvalue weighted by Gasteiger charge is 2.40. The summed E-state index contributed by atoms with van der Waals surface area (Å²) >= 11 is 1.66. The Morgan fingerprint density at radius 1 is 1.33 bits per heavy atom. The molecular formula is C17H20N4O2S. The van der Waals surface area contributed by atoms with Gasteiger partial charge in [-0.25, -0.2) is 4.68 Å². The van der Waals surface area contributed by atoms with Crippen molar-refractivity contribution in [3.05, 3.63) is 34.3 Å². The quantitative estimate of drug-likeness (QED) is 0.854. The van der Waals surface area contributed by atoms with Crippen LogP contribution < -0.4 is 0 Å². The van der Waals surface area contributed by atoms with Crippen molar-refractivity contribution in [1.29, 1.82) is 0 Å². The number of thiophene rings is 1. The third-order valence-corrected chi connectivity index (χ3v) is 5.89. The minimum absolute atomic E-state index is 0.0256. The van der Waals surface area contributed by atoms with Crippen molar-refractivity contribution in [3.63, 3.8) is 0 Å². The van der Waals surface area contributed by atoms with Gasteiger partial charge in [-0.15, -0.1) is 16.4 Å². The molecule has 1 amide bonds. The third-order valence-electron chi connectivity index (χ3n) is 5.03. The van der Waals surface area contributed by atoms with E-state index in [4.69, 9.17) is 0 Å². The summed E-state index contributed by atoms with van der Waals surface area (Å²) in [5, 5.41) is 10.2. The number of carbonyl (C=O) groups is 2. The smallest absolute Gasteiger partial charge is 0.276 e. The number of hydrogen-bond donors (Lipinski definition) is 0. The lowest BCUT2D eigenvalue weighted by Gasteiger charge is -2.27. The first kappa shape index (κ1) is 15.5. The average molecular weight is 344 g/mol. The van der Waals surface area contributed by atoms with Crippen LogP contribution >= 0.6 is 11.3 Å². The maximum absolute atomic E-state index is 12.8. The van der Waals surface area contributed by atoms with E-state index in [0.29, 0.717) is 31.0 Å². The summed E-state index contributed by atoms with van der Waals surface area (Å²) in [6.07, 6.45) is 6.14. The zero-order valence-corrected chi connectivity index (χ0v) is 14.2. The summed E-state index contributed by atoms with van der Waals surface area (Å²) in [6, 6.07) is 4.09. The number of Topliss-reactive ketones (excluding diaryl/α,β-unsaturated/α-hetero) is 1. The zero-order chi connectivity index (χ0) is 16.5. The van der Waals surface area contributed by atoms with E-state index in [0.717, 1.165) is 25.7 Å². The summed E-state index contributed by atoms with van der Waals surface area (Å²) < 4.78 is 1.70. The highest BCUT2D eigenvalue weighted by molar-refractivity contribution is 7.09. The molecule has 0 aromatic carbocycles. The standard InChI is InChI=1S/C17H20N4O2S/c22-16-7-1-5-13(16)15-6-2-8-21(15)17(23)14-11-20(19-18-14)10-12-4-3-9-24-12/h3-4,9,11,13,15H,1-2,5-8,10H2/t13-,15+/m1/s1. The molecule has 2 aromatic heterocycles. The van der Waals surface area contributed by atoms with Gasteiger partial charge in [-0.05, 0) is 37.1 Å². The first-order valence-electron chi connectivity index (χ1n) is 8.48. The second-order valence-corrected chi connectivity index (χ2v) is 7.59. The number of hydrogen-bond acceptors (Lipinski definition) is 5. The first-order chi connectivity index (χ1) is 11.7. The summed E-state index contributed by atoms with van der Waals surface area (Å²) in [5.74, 6) is 0.258. The maximum Gasteiger partial charge on any atom is 0.276 e. The molecule has 4 rings (SSSR count). The molecule has 0 radical (unpaired) electrons. The average Bonchev–Trinajstić information content (AvgIpc) is 3.34. The van der Waals surface area contributed by atoms with Crippen LogP contribution in [-0.2, 0) is 11.3 Å². The molecule has 0 unspecified atom stereocenters. The lowest BCUT2D eigenvalue weighted by atomic mass is 9.95. The van der Waals surface area contributed by atoms with Crippen LogP contribution in [0.4, 0.5) is 0 Å². The maximum atomic E-state index is 12.8. The zero-order valence-electron chi connectivity index (χ0n) is 13.4. The molecule has 7 heteroatoms. The van der Waals surface area contributed by atoms with E-state index < -0.39 is 0 Å². The van der Waals surface area contributed by atoms with Crippen molar-refractivity contribution < 1.29 is 9.59 Å². The first-order valence-corrected chi connectivity index (χ1v) is 9.36. The van der Waals surface area contributed by atoms with E-state index in [1.807, 2.05) is 22.4 Å². The summed E-state index contributed by atoms with van der Waals surface area (Å²) in [5.41, 5.74) is 0.379. The SMILES string of the molecule is O=C1CCC[C@@H]1[C@@H]1CCCN1C(=O)c1cn(Cc2cccs2)nn1. The van der Waals surface area contributed by atoms with Crippen molar-refractivity contribution in [2.45, 2.75) is 44.7 Å². The topological polar surface area (TPSA) is 68.1 Å². The number of likely N-dealkylation sites (tertiary alicyclic amines) is 1. The monoisotopic (exact) mass is 344 g/mol. The van der Waals surface area contributed by atoms with E-state index in [-0.39, 0.29) is 17.9 Å². The molecule has 1 aliphatic carbocycles. The highest BCUT2D eigenvalue weighted by atomic mass is 32.1. The summed E-state index contributed by atoms with van der Waals surface area (Å²) in [6.45, 7) is 1.34. The van der Waals surface area contributed by atoms with E-state index in [2.05, 4.69) is 10.3 Å². The Morgan fingerprint density at radius 2 is 2.25 bits per heavy atom. The van der Waals surface area contributed by atoms with Crippen LogP contribution in [0, 0.1) is 5.92 Å². The van der Waals surface area contributed by atoms with Gasteiger partial charge in [0.1, 0.15) is 5.78 Å². The molecule has 24 heavy (non-hydrogen) atoms. The molecule has 2 aliphatic rings. The predicted molar refractivity (Wildman–Crippen MR) is 89.8 cm³/mol. The number of rotatable bonds is 4. The molecule has 2 atom stereocenters. The molecule has 6 nitrogen and oxygen atoms in total. The molecule has 0 spiro atoms. The van der Waals surface area contributed by atoms with Crippen LogP contribution in [0.5, 0.6) is 0 Å². The van der Waals surface area contributed by atoms with Crippen molar-refractivity contribution in [3.8, 4) is 0 Å². The van der Waals surface area contributed by atoms with Crippen LogP contribution in [0.15, 0.2) is 23.7 Å². The number of nitrogens with zero attached hydrogens (tertiary/aromatic N) is 4. The van der Waals surface area contributed by atoms with Crippen molar-refractivity contribution in [2.75, 3.05) is 6.54 Å². The fourth-order valence-electron chi connectivity index (χ4n) is 3.90. The second-order valence-electron chi connectivity index (χ2n) is 6.55.